The molecule has 5 nitrogen and oxygen atoms in total. The fraction of sp³-hybridized carbons (Fsp3) is 0.500. The molecule has 5 heteroatoms. The Hall–Kier alpha value is -1.67. The summed E-state index contributed by atoms with van der Waals surface area (Å²) in [6.07, 6.45) is 1.55. The van der Waals surface area contributed by atoms with Crippen LogP contribution >= 0.6 is 0 Å². The fourth-order valence-electron chi connectivity index (χ4n) is 2.55. The third-order valence-electron chi connectivity index (χ3n) is 3.18. The van der Waals surface area contributed by atoms with Gasteiger partial charge in [-0.15, -0.1) is 0 Å². The topological polar surface area (TPSA) is 78.4 Å². The highest BCUT2D eigenvalue weighted by Gasteiger charge is 2.45. The number of rotatable bonds is 1. The first kappa shape index (κ1) is 8.62. The van der Waals surface area contributed by atoms with E-state index < -0.39 is 0 Å². The molecule has 1 aromatic rings. The van der Waals surface area contributed by atoms with Gasteiger partial charge in [-0.2, -0.15) is 5.26 Å². The maximum absolute atomic E-state index is 9.86. The predicted octanol–water partition coefficient (Wildman–Crippen LogP) is 1.33. The van der Waals surface area contributed by atoms with Crippen molar-refractivity contribution >= 4 is 0 Å². The van der Waals surface area contributed by atoms with Crippen LogP contribution in [0.5, 0.6) is 11.8 Å². The zero-order valence-corrected chi connectivity index (χ0v) is 7.97. The molecule has 1 saturated heterocycles. The largest absolute Gasteiger partial charge is 0.494 e. The van der Waals surface area contributed by atoms with Crippen molar-refractivity contribution in [2.75, 3.05) is 0 Å². The van der Waals surface area contributed by atoms with Crippen molar-refractivity contribution in [2.45, 2.75) is 31.6 Å². The Morgan fingerprint density at radius 3 is 2.27 bits per heavy atom. The highest BCUT2D eigenvalue weighted by molar-refractivity contribution is 5.52. The highest BCUT2D eigenvalue weighted by Crippen LogP contribution is 2.57. The standard InChI is InChI=1S/C10H10N2O3/c11-3-4-12-9(13)7-5-1-2-6(15-5)8(7)10(12)14/h5-6,13-14H,1-2,4H2. The average molecular weight is 206 g/mol. The summed E-state index contributed by atoms with van der Waals surface area (Å²) in [7, 11) is 0. The first-order valence-electron chi connectivity index (χ1n) is 4.90. The molecule has 2 aliphatic rings. The molecule has 0 aromatic carbocycles. The van der Waals surface area contributed by atoms with Crippen molar-refractivity contribution in [3.63, 3.8) is 0 Å². The third kappa shape index (κ3) is 0.896. The zero-order chi connectivity index (χ0) is 10.6. The Balaban J connectivity index is 2.20. The van der Waals surface area contributed by atoms with Gasteiger partial charge in [-0.05, 0) is 12.8 Å². The normalized spacial score (nSPS) is 26.6. The second kappa shape index (κ2) is 2.67. The van der Waals surface area contributed by atoms with Gasteiger partial charge in [0, 0.05) is 0 Å². The van der Waals surface area contributed by atoms with Crippen LogP contribution in [-0.4, -0.2) is 14.8 Å². The van der Waals surface area contributed by atoms with Crippen LogP contribution in [0, 0.1) is 11.3 Å². The minimum Gasteiger partial charge on any atom is -0.494 e. The third-order valence-corrected chi connectivity index (χ3v) is 3.18. The first-order chi connectivity index (χ1) is 7.24. The Kier molecular flexibility index (Phi) is 1.54. The molecule has 2 unspecified atom stereocenters. The van der Waals surface area contributed by atoms with E-state index in [4.69, 9.17) is 10.00 Å². The van der Waals surface area contributed by atoms with Gasteiger partial charge >= 0.3 is 0 Å². The smallest absolute Gasteiger partial charge is 0.201 e. The highest BCUT2D eigenvalue weighted by atomic mass is 16.5. The van der Waals surface area contributed by atoms with E-state index in [1.54, 1.807) is 0 Å². The molecule has 78 valence electrons. The molecule has 0 amide bonds. The molecular weight excluding hydrogens is 196 g/mol. The van der Waals surface area contributed by atoms with Crippen LogP contribution in [0.25, 0.3) is 0 Å². The van der Waals surface area contributed by atoms with E-state index in [9.17, 15) is 10.2 Å². The lowest BCUT2D eigenvalue weighted by atomic mass is 9.95. The number of fused-ring (bicyclic) bond motifs is 5. The Bertz CT molecular complexity index is 438. The second-order valence-corrected chi connectivity index (χ2v) is 3.91. The summed E-state index contributed by atoms with van der Waals surface area (Å²) in [6.45, 7) is -0.0376. The van der Waals surface area contributed by atoms with E-state index >= 15 is 0 Å². The lowest BCUT2D eigenvalue weighted by Crippen LogP contribution is -1.96. The van der Waals surface area contributed by atoms with Gasteiger partial charge in [0.25, 0.3) is 0 Å². The molecular formula is C10H10N2O3. The van der Waals surface area contributed by atoms with Gasteiger partial charge in [0.2, 0.25) is 11.8 Å². The van der Waals surface area contributed by atoms with Crippen LogP contribution in [0.1, 0.15) is 36.2 Å². The monoisotopic (exact) mass is 206 g/mol. The fourth-order valence-corrected chi connectivity index (χ4v) is 2.55. The molecule has 3 heterocycles. The van der Waals surface area contributed by atoms with Crippen LogP contribution in [0.15, 0.2) is 0 Å². The van der Waals surface area contributed by atoms with Crippen molar-refractivity contribution in [1.29, 1.82) is 5.26 Å². The van der Waals surface area contributed by atoms with Crippen molar-refractivity contribution in [3.8, 4) is 17.8 Å². The predicted molar refractivity (Wildman–Crippen MR) is 49.2 cm³/mol. The number of hydrogen-bond acceptors (Lipinski definition) is 4. The van der Waals surface area contributed by atoms with E-state index in [-0.39, 0.29) is 30.5 Å². The maximum atomic E-state index is 9.86. The van der Waals surface area contributed by atoms with Gasteiger partial charge in [-0.3, -0.25) is 4.57 Å². The Morgan fingerprint density at radius 2 is 1.80 bits per heavy atom. The second-order valence-electron chi connectivity index (χ2n) is 3.91. The zero-order valence-electron chi connectivity index (χ0n) is 7.97. The van der Waals surface area contributed by atoms with Crippen LogP contribution in [0.3, 0.4) is 0 Å². The molecule has 0 radical (unpaired) electrons. The lowest BCUT2D eigenvalue weighted by Gasteiger charge is -2.06. The van der Waals surface area contributed by atoms with Crippen LogP contribution < -0.4 is 0 Å². The van der Waals surface area contributed by atoms with Crippen LogP contribution in [0.2, 0.25) is 0 Å². The lowest BCUT2D eigenvalue weighted by molar-refractivity contribution is 0.0679. The van der Waals surface area contributed by atoms with Gasteiger partial charge in [-0.25, -0.2) is 0 Å². The summed E-state index contributed by atoms with van der Waals surface area (Å²) >= 11 is 0. The van der Waals surface area contributed by atoms with E-state index in [2.05, 4.69) is 0 Å². The van der Waals surface area contributed by atoms with Gasteiger partial charge in [0.05, 0.1) is 29.4 Å². The molecule has 3 rings (SSSR count). The quantitative estimate of drug-likeness (QED) is 0.726. The molecule has 2 N–H and O–H groups in total. The molecule has 0 spiro atoms. The number of hydrogen-bond donors (Lipinski definition) is 2. The number of aromatic nitrogens is 1. The average Bonchev–Trinajstić information content (AvgIpc) is 2.87. The van der Waals surface area contributed by atoms with Crippen molar-refractivity contribution < 1.29 is 14.9 Å². The van der Waals surface area contributed by atoms with Crippen molar-refractivity contribution in [1.82, 2.24) is 4.57 Å². The number of ether oxygens (including phenoxy) is 1. The Labute approximate surface area is 86.1 Å². The van der Waals surface area contributed by atoms with E-state index in [1.807, 2.05) is 6.07 Å². The van der Waals surface area contributed by atoms with Crippen LogP contribution in [-0.2, 0) is 11.3 Å². The molecule has 15 heavy (non-hydrogen) atoms. The van der Waals surface area contributed by atoms with E-state index in [1.165, 1.54) is 4.57 Å². The SMILES string of the molecule is N#CCn1c(O)c2c(c1O)C1CCC2O1. The van der Waals surface area contributed by atoms with Gasteiger partial charge < -0.3 is 14.9 Å². The molecule has 0 aliphatic carbocycles. The summed E-state index contributed by atoms with van der Waals surface area (Å²) in [5.41, 5.74) is 1.36. The minimum atomic E-state index is -0.101. The summed E-state index contributed by atoms with van der Waals surface area (Å²) in [5.74, 6) is -0.0347. The summed E-state index contributed by atoms with van der Waals surface area (Å²) in [5, 5.41) is 28.3. The molecule has 2 atom stereocenters. The van der Waals surface area contributed by atoms with Gasteiger partial charge in [-0.1, -0.05) is 0 Å². The van der Waals surface area contributed by atoms with Crippen molar-refractivity contribution in [2.24, 2.45) is 0 Å². The molecule has 2 bridgehead atoms. The van der Waals surface area contributed by atoms with Crippen LogP contribution in [0.4, 0.5) is 0 Å². The number of nitrogens with zero attached hydrogens (tertiary/aromatic N) is 2. The van der Waals surface area contributed by atoms with Gasteiger partial charge in [0.1, 0.15) is 6.54 Å². The molecule has 1 fully saturated rings. The summed E-state index contributed by atoms with van der Waals surface area (Å²) < 4.78 is 6.80. The van der Waals surface area contributed by atoms with Crippen molar-refractivity contribution in [3.05, 3.63) is 11.1 Å². The molecule has 1 aromatic heterocycles. The van der Waals surface area contributed by atoms with E-state index in [0.717, 1.165) is 12.8 Å². The number of nitriles is 1. The molecule has 0 saturated carbocycles. The Morgan fingerprint density at radius 1 is 1.27 bits per heavy atom. The van der Waals surface area contributed by atoms with Gasteiger partial charge in [0.15, 0.2) is 0 Å². The summed E-state index contributed by atoms with van der Waals surface area (Å²) in [4.78, 5) is 0. The number of aromatic hydroxyl groups is 2. The molecule has 2 aliphatic heterocycles. The minimum absolute atomic E-state index is 0.0174. The first-order valence-corrected chi connectivity index (χ1v) is 4.90. The summed E-state index contributed by atoms with van der Waals surface area (Å²) in [6, 6.07) is 1.91. The van der Waals surface area contributed by atoms with E-state index in [0.29, 0.717) is 11.1 Å². The maximum Gasteiger partial charge on any atom is 0.201 e.